The highest BCUT2D eigenvalue weighted by molar-refractivity contribution is 8.18. The molecule has 0 radical (unpaired) electrons. The molecule has 0 spiro atoms. The van der Waals surface area contributed by atoms with Crippen molar-refractivity contribution in [1.82, 2.24) is 0 Å². The Morgan fingerprint density at radius 1 is 0.900 bits per heavy atom. The van der Waals surface area contributed by atoms with Gasteiger partial charge in [-0.3, -0.25) is 9.59 Å². The van der Waals surface area contributed by atoms with Gasteiger partial charge in [-0.05, 0) is 25.2 Å². The minimum Gasteiger partial charge on any atom is -0.299 e. The van der Waals surface area contributed by atoms with E-state index in [9.17, 15) is 9.59 Å². The summed E-state index contributed by atoms with van der Waals surface area (Å²) in [5.41, 5.74) is 0. The summed E-state index contributed by atoms with van der Waals surface area (Å²) in [6.45, 7) is 12.6. The molecule has 0 saturated carbocycles. The van der Waals surface area contributed by atoms with Crippen LogP contribution in [0.3, 0.4) is 0 Å². The van der Waals surface area contributed by atoms with E-state index in [4.69, 9.17) is 0 Å². The van der Waals surface area contributed by atoms with E-state index in [0.717, 1.165) is 6.42 Å². The maximum atomic E-state index is 11.8. The zero-order valence-corrected chi connectivity index (χ0v) is 15.5. The topological polar surface area (TPSA) is 34.1 Å². The van der Waals surface area contributed by atoms with Crippen LogP contribution in [-0.4, -0.2) is 27.2 Å². The van der Waals surface area contributed by atoms with Crippen LogP contribution in [0.5, 0.6) is 0 Å². The first-order valence-electron chi connectivity index (χ1n) is 7.49. The Morgan fingerprint density at radius 2 is 1.25 bits per heavy atom. The maximum absolute atomic E-state index is 11.8. The molecule has 0 fully saturated rings. The summed E-state index contributed by atoms with van der Waals surface area (Å²) in [6, 6.07) is 0. The molecule has 0 atom stereocenters. The van der Waals surface area contributed by atoms with Crippen molar-refractivity contribution in [2.75, 3.05) is 11.5 Å². The molecule has 0 unspecified atom stereocenters. The summed E-state index contributed by atoms with van der Waals surface area (Å²) in [4.78, 5) is 23.6. The maximum Gasteiger partial charge on any atom is 0.143 e. The van der Waals surface area contributed by atoms with E-state index < -0.39 is 0 Å². The van der Waals surface area contributed by atoms with Crippen LogP contribution in [0.25, 0.3) is 0 Å². The van der Waals surface area contributed by atoms with Crippen LogP contribution < -0.4 is 0 Å². The molecule has 0 bridgehead atoms. The average Bonchev–Trinajstić information content (AvgIpc) is 2.32. The van der Waals surface area contributed by atoms with E-state index in [-0.39, 0.29) is 4.08 Å². The molecule has 20 heavy (non-hydrogen) atoms. The van der Waals surface area contributed by atoms with Gasteiger partial charge in [-0.25, -0.2) is 0 Å². The van der Waals surface area contributed by atoms with Crippen LogP contribution in [0.4, 0.5) is 0 Å². The molecule has 0 saturated heterocycles. The van der Waals surface area contributed by atoms with E-state index in [1.54, 1.807) is 23.5 Å². The second-order valence-corrected chi connectivity index (χ2v) is 9.55. The number of Topliss-reactive ketones (excluding diaryl/α,β-unsaturated/α-hetero) is 2. The highest BCUT2D eigenvalue weighted by Crippen LogP contribution is 2.40. The van der Waals surface area contributed by atoms with Crippen molar-refractivity contribution in [3.8, 4) is 0 Å². The predicted octanol–water partition coefficient (Wildman–Crippen LogP) is 4.81. The van der Waals surface area contributed by atoms with Gasteiger partial charge in [0.15, 0.2) is 0 Å². The molecule has 0 aliphatic rings. The number of hydrogen-bond acceptors (Lipinski definition) is 4. The molecule has 0 aromatic rings. The number of ketones is 2. The van der Waals surface area contributed by atoms with Gasteiger partial charge in [0.1, 0.15) is 11.6 Å². The molecule has 0 rings (SSSR count). The number of rotatable bonds is 11. The van der Waals surface area contributed by atoms with Gasteiger partial charge in [-0.1, -0.05) is 34.6 Å². The molecule has 4 heteroatoms. The number of carbonyl (C=O) groups excluding carboxylic acids is 2. The van der Waals surface area contributed by atoms with Gasteiger partial charge in [-0.2, -0.15) is 0 Å². The quantitative estimate of drug-likeness (QED) is 0.512. The molecule has 0 N–H and O–H groups in total. The molecule has 0 amide bonds. The second-order valence-electron chi connectivity index (χ2n) is 6.34. The Labute approximate surface area is 133 Å². The van der Waals surface area contributed by atoms with Crippen LogP contribution in [0.2, 0.25) is 0 Å². The lowest BCUT2D eigenvalue weighted by atomic mass is 10.1. The lowest BCUT2D eigenvalue weighted by molar-refractivity contribution is -0.118. The van der Waals surface area contributed by atoms with Gasteiger partial charge in [0.25, 0.3) is 0 Å². The summed E-state index contributed by atoms with van der Waals surface area (Å²) < 4.78 is -0.0285. The van der Waals surface area contributed by atoms with E-state index >= 15 is 0 Å². The van der Waals surface area contributed by atoms with Crippen LogP contribution >= 0.6 is 23.5 Å². The van der Waals surface area contributed by atoms with Gasteiger partial charge in [-0.15, -0.1) is 23.5 Å². The summed E-state index contributed by atoms with van der Waals surface area (Å²) >= 11 is 3.39. The monoisotopic (exact) mass is 318 g/mol. The zero-order valence-electron chi connectivity index (χ0n) is 13.8. The highest BCUT2D eigenvalue weighted by atomic mass is 32.2. The Balaban J connectivity index is 4.19. The van der Waals surface area contributed by atoms with Crippen LogP contribution in [0.15, 0.2) is 0 Å². The molecule has 0 heterocycles. The normalized spacial score (nSPS) is 12.2. The summed E-state index contributed by atoms with van der Waals surface area (Å²) in [5, 5.41) is 0. The fourth-order valence-electron chi connectivity index (χ4n) is 1.74. The molecule has 0 aliphatic heterocycles. The van der Waals surface area contributed by atoms with Crippen molar-refractivity contribution >= 4 is 35.1 Å². The third kappa shape index (κ3) is 9.87. The molecule has 0 aromatic carbocycles. The molecular weight excluding hydrogens is 288 g/mol. The van der Waals surface area contributed by atoms with Crippen molar-refractivity contribution in [1.29, 1.82) is 0 Å². The minimum atomic E-state index is -0.0285. The Morgan fingerprint density at radius 3 is 1.50 bits per heavy atom. The van der Waals surface area contributed by atoms with Crippen molar-refractivity contribution in [2.24, 2.45) is 11.8 Å². The van der Waals surface area contributed by atoms with Gasteiger partial charge < -0.3 is 0 Å². The van der Waals surface area contributed by atoms with E-state index in [0.29, 0.717) is 47.7 Å². The van der Waals surface area contributed by atoms with Gasteiger partial charge in [0.05, 0.1) is 15.6 Å². The van der Waals surface area contributed by atoms with E-state index in [1.807, 2.05) is 0 Å². The summed E-state index contributed by atoms with van der Waals surface area (Å²) in [6.07, 6.45) is 2.28. The highest BCUT2D eigenvalue weighted by Gasteiger charge is 2.25. The molecular formula is C16H30O2S2. The van der Waals surface area contributed by atoms with Gasteiger partial charge in [0, 0.05) is 12.8 Å². The lowest BCUT2D eigenvalue weighted by Gasteiger charge is -2.26. The smallest absolute Gasteiger partial charge is 0.143 e. The van der Waals surface area contributed by atoms with Crippen molar-refractivity contribution < 1.29 is 9.59 Å². The van der Waals surface area contributed by atoms with Crippen molar-refractivity contribution in [2.45, 2.75) is 64.9 Å². The first kappa shape index (κ1) is 20.0. The number of hydrogen-bond donors (Lipinski definition) is 0. The van der Waals surface area contributed by atoms with Crippen LogP contribution in [0, 0.1) is 11.8 Å². The first-order valence-corrected chi connectivity index (χ1v) is 9.47. The van der Waals surface area contributed by atoms with Crippen molar-refractivity contribution in [3.05, 3.63) is 0 Å². The summed E-state index contributed by atoms with van der Waals surface area (Å²) in [7, 11) is 0. The number of carbonyl (C=O) groups is 2. The average molecular weight is 319 g/mol. The predicted molar refractivity (Wildman–Crippen MR) is 92.5 cm³/mol. The molecule has 2 nitrogen and oxygen atoms in total. The standard InChI is InChI=1S/C16H30O2S2/c1-7-16(6,19-10-14(17)8-12(2)3)20-11-15(18)9-13(4)5/h12-13H,7-11H2,1-6H3. The molecule has 118 valence electrons. The lowest BCUT2D eigenvalue weighted by Crippen LogP contribution is -2.20. The third-order valence-electron chi connectivity index (χ3n) is 2.99. The number of thioether (sulfide) groups is 2. The summed E-state index contributed by atoms with van der Waals surface area (Å²) in [5.74, 6) is 2.62. The van der Waals surface area contributed by atoms with Crippen molar-refractivity contribution in [3.63, 3.8) is 0 Å². The fraction of sp³-hybridized carbons (Fsp3) is 0.875. The SMILES string of the molecule is CCC(C)(SCC(=O)CC(C)C)SCC(=O)CC(C)C. The largest absolute Gasteiger partial charge is 0.299 e. The second kappa shape index (κ2) is 9.88. The Kier molecular flexibility index (Phi) is 9.90. The van der Waals surface area contributed by atoms with Crippen LogP contribution in [0.1, 0.15) is 60.8 Å². The van der Waals surface area contributed by atoms with E-state index in [1.165, 1.54) is 0 Å². The fourth-order valence-corrected chi connectivity index (χ4v) is 4.00. The molecule has 0 aromatic heterocycles. The van der Waals surface area contributed by atoms with Crippen LogP contribution in [-0.2, 0) is 9.59 Å². The minimum absolute atomic E-state index is 0.0285. The first-order chi connectivity index (χ1) is 9.18. The van der Waals surface area contributed by atoms with Gasteiger partial charge in [0.2, 0.25) is 0 Å². The Hall–Kier alpha value is 0.0400. The molecule has 0 aliphatic carbocycles. The van der Waals surface area contributed by atoms with Gasteiger partial charge >= 0.3 is 0 Å². The third-order valence-corrected chi connectivity index (χ3v) is 6.43. The Bertz CT molecular complexity index is 286. The zero-order chi connectivity index (χ0) is 15.8. The van der Waals surface area contributed by atoms with E-state index in [2.05, 4.69) is 41.5 Å².